The van der Waals surface area contributed by atoms with Gasteiger partial charge in [0.05, 0.1) is 13.2 Å². The van der Waals surface area contributed by atoms with Gasteiger partial charge in [-0.15, -0.1) is 0 Å². The number of rotatable bonds is 7. The predicted molar refractivity (Wildman–Crippen MR) is 108 cm³/mol. The number of benzene rings is 1. The van der Waals surface area contributed by atoms with Crippen LogP contribution in [0.5, 0.6) is 5.75 Å². The second kappa shape index (κ2) is 9.92. The van der Waals surface area contributed by atoms with Crippen LogP contribution in [0.2, 0.25) is 0 Å². The molecule has 1 saturated carbocycles. The van der Waals surface area contributed by atoms with E-state index in [1.54, 1.807) is 0 Å². The zero-order valence-corrected chi connectivity index (χ0v) is 16.8. The van der Waals surface area contributed by atoms with Crippen molar-refractivity contribution >= 4 is 11.9 Å². The number of hydrogen-bond donors (Lipinski definition) is 1. The molecule has 0 unspecified atom stereocenters. The van der Waals surface area contributed by atoms with E-state index in [0.29, 0.717) is 24.6 Å². The van der Waals surface area contributed by atoms with Gasteiger partial charge in [-0.2, -0.15) is 0 Å². The summed E-state index contributed by atoms with van der Waals surface area (Å²) in [5, 5.41) is 8.92. The molecule has 0 atom stereocenters. The number of carboxylic acids is 1. The number of aliphatic carboxylic acids is 1. The van der Waals surface area contributed by atoms with Gasteiger partial charge in [-0.25, -0.2) is 0 Å². The molecule has 28 heavy (non-hydrogen) atoms. The molecule has 2 aliphatic rings. The van der Waals surface area contributed by atoms with E-state index in [-0.39, 0.29) is 18.5 Å². The van der Waals surface area contributed by atoms with E-state index in [2.05, 4.69) is 0 Å². The maximum atomic E-state index is 12.7. The Balaban J connectivity index is 1.46. The minimum Gasteiger partial charge on any atom is -0.493 e. The Labute approximate surface area is 167 Å². The number of ether oxygens (including phenoxy) is 1. The molecule has 1 aromatic carbocycles. The number of likely N-dealkylation sites (N-methyl/N-ethyl adjacent to an activating group) is 1. The third-order valence-corrected chi connectivity index (χ3v) is 6.07. The highest BCUT2D eigenvalue weighted by Gasteiger charge is 2.26. The van der Waals surface area contributed by atoms with Gasteiger partial charge in [-0.05, 0) is 62.9 Å². The highest BCUT2D eigenvalue weighted by molar-refractivity contribution is 5.94. The van der Waals surface area contributed by atoms with E-state index in [1.807, 2.05) is 41.1 Å². The van der Waals surface area contributed by atoms with Crippen LogP contribution >= 0.6 is 0 Å². The van der Waals surface area contributed by atoms with Crippen molar-refractivity contribution in [3.05, 3.63) is 29.8 Å². The van der Waals surface area contributed by atoms with Gasteiger partial charge in [-0.1, -0.05) is 19.3 Å². The lowest BCUT2D eigenvalue weighted by atomic mass is 9.90. The zero-order valence-electron chi connectivity index (χ0n) is 16.8. The minimum absolute atomic E-state index is 0.0400. The van der Waals surface area contributed by atoms with E-state index >= 15 is 0 Å². The van der Waals surface area contributed by atoms with Crippen LogP contribution in [0.4, 0.5) is 0 Å². The van der Waals surface area contributed by atoms with Crippen LogP contribution in [0.3, 0.4) is 0 Å². The van der Waals surface area contributed by atoms with Gasteiger partial charge < -0.3 is 14.7 Å². The highest BCUT2D eigenvalue weighted by Crippen LogP contribution is 2.25. The molecule has 3 rings (SSSR count). The van der Waals surface area contributed by atoms with Crippen LogP contribution in [0, 0.1) is 5.92 Å². The number of hydrogen-bond acceptors (Lipinski definition) is 4. The van der Waals surface area contributed by atoms with Crippen molar-refractivity contribution in [2.75, 3.05) is 33.3 Å². The lowest BCUT2D eigenvalue weighted by Crippen LogP contribution is -2.46. The summed E-state index contributed by atoms with van der Waals surface area (Å²) in [5.74, 6) is 0.719. The summed E-state index contributed by atoms with van der Waals surface area (Å²) in [7, 11) is 1.84. The van der Waals surface area contributed by atoms with Gasteiger partial charge in [0.15, 0.2) is 0 Å². The Kier molecular flexibility index (Phi) is 7.31. The predicted octanol–water partition coefficient (Wildman–Crippen LogP) is 3.27. The molecular weight excluding hydrogens is 356 g/mol. The Morgan fingerprint density at radius 2 is 1.71 bits per heavy atom. The normalized spacial score (nSPS) is 19.0. The van der Waals surface area contributed by atoms with Gasteiger partial charge in [0, 0.05) is 24.7 Å². The number of likely N-dealkylation sites (tertiary alicyclic amines) is 1. The van der Waals surface area contributed by atoms with Crippen LogP contribution in [0.15, 0.2) is 24.3 Å². The van der Waals surface area contributed by atoms with Gasteiger partial charge in [0.2, 0.25) is 0 Å². The fourth-order valence-electron chi connectivity index (χ4n) is 4.30. The molecule has 0 aromatic heterocycles. The van der Waals surface area contributed by atoms with Crippen LogP contribution in [0.1, 0.15) is 55.3 Å². The second-order valence-electron chi connectivity index (χ2n) is 8.17. The molecule has 1 aliphatic carbocycles. The van der Waals surface area contributed by atoms with Crippen molar-refractivity contribution in [2.45, 2.75) is 51.0 Å². The SMILES string of the molecule is CN(CC(=O)O)C1CCN(C(=O)c2ccc(OCC3CCCCC3)cc2)CC1. The van der Waals surface area contributed by atoms with Crippen molar-refractivity contribution in [3.8, 4) is 5.75 Å². The number of nitrogens with zero attached hydrogens (tertiary/aromatic N) is 2. The number of amides is 1. The summed E-state index contributed by atoms with van der Waals surface area (Å²) >= 11 is 0. The Hall–Kier alpha value is -2.08. The molecule has 1 aromatic rings. The number of piperidine rings is 1. The Morgan fingerprint density at radius 1 is 1.07 bits per heavy atom. The van der Waals surface area contributed by atoms with Gasteiger partial charge in [-0.3, -0.25) is 14.5 Å². The lowest BCUT2D eigenvalue weighted by Gasteiger charge is -2.36. The zero-order chi connectivity index (χ0) is 19.9. The molecule has 2 fully saturated rings. The first-order valence-corrected chi connectivity index (χ1v) is 10.5. The molecule has 0 radical (unpaired) electrons. The molecule has 1 N–H and O–H groups in total. The van der Waals surface area contributed by atoms with Crippen LogP contribution in [0.25, 0.3) is 0 Å². The Morgan fingerprint density at radius 3 is 2.32 bits per heavy atom. The standard InChI is InChI=1S/C22H32N2O4/c1-23(15-21(25)26)19-11-13-24(14-12-19)22(27)18-7-9-20(10-8-18)28-16-17-5-3-2-4-6-17/h7-10,17,19H,2-6,11-16H2,1H3,(H,25,26). The van der Waals surface area contributed by atoms with Gasteiger partial charge >= 0.3 is 5.97 Å². The molecule has 1 heterocycles. The van der Waals surface area contributed by atoms with E-state index < -0.39 is 5.97 Å². The first-order valence-electron chi connectivity index (χ1n) is 10.5. The monoisotopic (exact) mass is 388 g/mol. The van der Waals surface area contributed by atoms with Crippen LogP contribution < -0.4 is 4.74 Å². The number of carbonyl (C=O) groups excluding carboxylic acids is 1. The van der Waals surface area contributed by atoms with Crippen molar-refractivity contribution in [1.29, 1.82) is 0 Å². The van der Waals surface area contributed by atoms with E-state index in [0.717, 1.165) is 25.2 Å². The number of carbonyl (C=O) groups is 2. The summed E-state index contributed by atoms with van der Waals surface area (Å²) in [6, 6.07) is 7.70. The molecular formula is C22H32N2O4. The topological polar surface area (TPSA) is 70.1 Å². The quantitative estimate of drug-likeness (QED) is 0.776. The summed E-state index contributed by atoms with van der Waals surface area (Å²) in [5.41, 5.74) is 0.683. The average Bonchev–Trinajstić information content (AvgIpc) is 2.72. The summed E-state index contributed by atoms with van der Waals surface area (Å²) in [6.07, 6.45) is 8.09. The van der Waals surface area contributed by atoms with Crippen molar-refractivity contribution < 1.29 is 19.4 Å². The van der Waals surface area contributed by atoms with E-state index in [9.17, 15) is 9.59 Å². The van der Waals surface area contributed by atoms with Crippen LogP contribution in [-0.2, 0) is 4.79 Å². The largest absolute Gasteiger partial charge is 0.493 e. The first kappa shape index (κ1) is 20.6. The summed E-state index contributed by atoms with van der Waals surface area (Å²) in [6.45, 7) is 2.13. The third-order valence-electron chi connectivity index (χ3n) is 6.07. The van der Waals surface area contributed by atoms with Crippen LogP contribution in [-0.4, -0.2) is 66.1 Å². The molecule has 1 amide bonds. The van der Waals surface area contributed by atoms with Crippen molar-refractivity contribution in [2.24, 2.45) is 5.92 Å². The smallest absolute Gasteiger partial charge is 0.317 e. The molecule has 0 bridgehead atoms. The molecule has 1 aliphatic heterocycles. The molecule has 154 valence electrons. The molecule has 0 spiro atoms. The molecule has 6 heteroatoms. The fraction of sp³-hybridized carbons (Fsp3) is 0.636. The first-order chi connectivity index (χ1) is 13.5. The summed E-state index contributed by atoms with van der Waals surface area (Å²) < 4.78 is 5.92. The molecule has 6 nitrogen and oxygen atoms in total. The minimum atomic E-state index is -0.813. The van der Waals surface area contributed by atoms with Gasteiger partial charge in [0.25, 0.3) is 5.91 Å². The maximum Gasteiger partial charge on any atom is 0.317 e. The third kappa shape index (κ3) is 5.71. The molecule has 1 saturated heterocycles. The average molecular weight is 389 g/mol. The summed E-state index contributed by atoms with van der Waals surface area (Å²) in [4.78, 5) is 27.3. The number of carboxylic acid groups (broad SMARTS) is 1. The fourth-order valence-corrected chi connectivity index (χ4v) is 4.30. The Bertz CT molecular complexity index is 647. The maximum absolute atomic E-state index is 12.7. The van der Waals surface area contributed by atoms with Crippen molar-refractivity contribution in [1.82, 2.24) is 9.80 Å². The second-order valence-corrected chi connectivity index (χ2v) is 8.17. The van der Waals surface area contributed by atoms with E-state index in [4.69, 9.17) is 9.84 Å². The highest BCUT2D eigenvalue weighted by atomic mass is 16.5. The lowest BCUT2D eigenvalue weighted by molar-refractivity contribution is -0.138. The van der Waals surface area contributed by atoms with Gasteiger partial charge in [0.1, 0.15) is 5.75 Å². The van der Waals surface area contributed by atoms with E-state index in [1.165, 1.54) is 32.1 Å². The van der Waals surface area contributed by atoms with Crippen molar-refractivity contribution in [3.63, 3.8) is 0 Å².